The maximum absolute atomic E-state index is 10.3. The molecule has 1 unspecified atom stereocenters. The summed E-state index contributed by atoms with van der Waals surface area (Å²) in [4.78, 5) is 0. The number of aliphatic hydroxyl groups is 2. The molecule has 2 heteroatoms. The van der Waals surface area contributed by atoms with Crippen LogP contribution in [0.4, 0.5) is 0 Å². The number of hydrogen-bond donors (Lipinski definition) is 2. The topological polar surface area (TPSA) is 40.5 Å². The Bertz CT molecular complexity index is 340. The summed E-state index contributed by atoms with van der Waals surface area (Å²) in [5.74, 6) is 0. The lowest BCUT2D eigenvalue weighted by Crippen LogP contribution is -2.32. The quantitative estimate of drug-likeness (QED) is 0.779. The van der Waals surface area contributed by atoms with Gasteiger partial charge in [0.2, 0.25) is 0 Å². The van der Waals surface area contributed by atoms with Crippen molar-refractivity contribution in [3.05, 3.63) is 35.4 Å². The molecular formula is C13H18O2. The molecule has 1 aromatic rings. The molecule has 1 aromatic carbocycles. The fourth-order valence-electron chi connectivity index (χ4n) is 2.41. The standard InChI is InChI=1S/C13H18O2/c1-10-5-4-6-11(9-10)12(14)13(15)7-2-3-8-13/h4-6,9,12,14-15H,2-3,7-8H2,1H3. The van der Waals surface area contributed by atoms with Crippen molar-refractivity contribution < 1.29 is 10.2 Å². The van der Waals surface area contributed by atoms with Crippen LogP contribution in [0.5, 0.6) is 0 Å². The first-order chi connectivity index (χ1) is 7.12. The van der Waals surface area contributed by atoms with Crippen LogP contribution in [0.2, 0.25) is 0 Å². The van der Waals surface area contributed by atoms with Crippen molar-refractivity contribution in [2.45, 2.75) is 44.3 Å². The predicted octanol–water partition coefficient (Wildman–Crippen LogP) is 2.33. The Kier molecular flexibility index (Phi) is 2.81. The van der Waals surface area contributed by atoms with E-state index in [1.807, 2.05) is 31.2 Å². The van der Waals surface area contributed by atoms with Crippen LogP contribution in [0, 0.1) is 6.92 Å². The van der Waals surface area contributed by atoms with Gasteiger partial charge >= 0.3 is 0 Å². The summed E-state index contributed by atoms with van der Waals surface area (Å²) in [6, 6.07) is 7.75. The molecule has 0 aromatic heterocycles. The Morgan fingerprint density at radius 2 is 1.93 bits per heavy atom. The number of rotatable bonds is 2. The van der Waals surface area contributed by atoms with Crippen LogP contribution in [0.3, 0.4) is 0 Å². The van der Waals surface area contributed by atoms with Crippen LogP contribution in [-0.2, 0) is 0 Å². The zero-order chi connectivity index (χ0) is 10.9. The molecule has 15 heavy (non-hydrogen) atoms. The molecule has 2 N–H and O–H groups in total. The van der Waals surface area contributed by atoms with Gasteiger partial charge in [0.1, 0.15) is 6.10 Å². The van der Waals surface area contributed by atoms with Crippen molar-refractivity contribution in [2.24, 2.45) is 0 Å². The summed E-state index contributed by atoms with van der Waals surface area (Å²) >= 11 is 0. The average molecular weight is 206 g/mol. The average Bonchev–Trinajstić information content (AvgIpc) is 2.65. The lowest BCUT2D eigenvalue weighted by atomic mass is 9.89. The molecule has 0 amide bonds. The fourth-order valence-corrected chi connectivity index (χ4v) is 2.41. The van der Waals surface area contributed by atoms with Crippen molar-refractivity contribution in [1.29, 1.82) is 0 Å². The van der Waals surface area contributed by atoms with Gasteiger partial charge in [0.15, 0.2) is 0 Å². The molecule has 1 atom stereocenters. The summed E-state index contributed by atoms with van der Waals surface area (Å²) in [7, 11) is 0. The smallest absolute Gasteiger partial charge is 0.108 e. The van der Waals surface area contributed by atoms with Crippen molar-refractivity contribution in [3.63, 3.8) is 0 Å². The van der Waals surface area contributed by atoms with Gasteiger partial charge in [-0.3, -0.25) is 0 Å². The van der Waals surface area contributed by atoms with Crippen molar-refractivity contribution in [2.75, 3.05) is 0 Å². The molecule has 0 aliphatic heterocycles. The monoisotopic (exact) mass is 206 g/mol. The van der Waals surface area contributed by atoms with Crippen LogP contribution in [0.15, 0.2) is 24.3 Å². The van der Waals surface area contributed by atoms with Gasteiger partial charge in [0.05, 0.1) is 5.60 Å². The fraction of sp³-hybridized carbons (Fsp3) is 0.538. The highest BCUT2D eigenvalue weighted by molar-refractivity contribution is 5.26. The second-order valence-electron chi connectivity index (χ2n) is 4.63. The molecule has 1 saturated carbocycles. The second kappa shape index (κ2) is 3.95. The zero-order valence-corrected chi connectivity index (χ0v) is 9.11. The van der Waals surface area contributed by atoms with Crippen LogP contribution < -0.4 is 0 Å². The molecule has 0 saturated heterocycles. The normalized spacial score (nSPS) is 21.5. The van der Waals surface area contributed by atoms with E-state index in [9.17, 15) is 10.2 Å². The van der Waals surface area contributed by atoms with Crippen molar-refractivity contribution in [1.82, 2.24) is 0 Å². The summed E-state index contributed by atoms with van der Waals surface area (Å²) in [5.41, 5.74) is 1.06. The molecule has 0 bridgehead atoms. The Hall–Kier alpha value is -0.860. The van der Waals surface area contributed by atoms with Crippen LogP contribution in [0.1, 0.15) is 42.9 Å². The van der Waals surface area contributed by atoms with Gasteiger partial charge in [-0.1, -0.05) is 42.7 Å². The third-order valence-corrected chi connectivity index (χ3v) is 3.34. The van der Waals surface area contributed by atoms with E-state index < -0.39 is 11.7 Å². The Labute approximate surface area is 90.6 Å². The van der Waals surface area contributed by atoms with Gasteiger partial charge in [-0.2, -0.15) is 0 Å². The van der Waals surface area contributed by atoms with E-state index in [2.05, 4.69) is 0 Å². The van der Waals surface area contributed by atoms with Gasteiger partial charge in [0, 0.05) is 0 Å². The Morgan fingerprint density at radius 1 is 1.27 bits per heavy atom. The maximum atomic E-state index is 10.3. The predicted molar refractivity (Wildman–Crippen MR) is 59.6 cm³/mol. The minimum Gasteiger partial charge on any atom is -0.387 e. The summed E-state index contributed by atoms with van der Waals surface area (Å²) in [6.45, 7) is 1.99. The first-order valence-corrected chi connectivity index (χ1v) is 5.59. The molecule has 1 aliphatic carbocycles. The van der Waals surface area contributed by atoms with Gasteiger partial charge in [-0.25, -0.2) is 0 Å². The van der Waals surface area contributed by atoms with E-state index in [1.54, 1.807) is 0 Å². The third kappa shape index (κ3) is 2.06. The number of hydrogen-bond acceptors (Lipinski definition) is 2. The lowest BCUT2D eigenvalue weighted by Gasteiger charge is -2.28. The highest BCUT2D eigenvalue weighted by Crippen LogP contribution is 2.39. The third-order valence-electron chi connectivity index (χ3n) is 3.34. The zero-order valence-electron chi connectivity index (χ0n) is 9.11. The lowest BCUT2D eigenvalue weighted by molar-refractivity contribution is -0.0719. The highest BCUT2D eigenvalue weighted by Gasteiger charge is 2.39. The van der Waals surface area contributed by atoms with E-state index in [4.69, 9.17) is 0 Å². The summed E-state index contributed by atoms with van der Waals surface area (Å²) in [5, 5.41) is 20.4. The molecule has 0 spiro atoms. The van der Waals surface area contributed by atoms with Gasteiger partial charge < -0.3 is 10.2 Å². The van der Waals surface area contributed by atoms with Gasteiger partial charge in [-0.15, -0.1) is 0 Å². The SMILES string of the molecule is Cc1cccc(C(O)C2(O)CCCC2)c1. The van der Waals surface area contributed by atoms with Crippen molar-refractivity contribution >= 4 is 0 Å². The summed E-state index contributed by atoms with van der Waals surface area (Å²) in [6.07, 6.45) is 2.71. The summed E-state index contributed by atoms with van der Waals surface area (Å²) < 4.78 is 0. The highest BCUT2D eigenvalue weighted by atomic mass is 16.3. The van der Waals surface area contributed by atoms with E-state index in [-0.39, 0.29) is 0 Å². The molecule has 1 fully saturated rings. The maximum Gasteiger partial charge on any atom is 0.108 e. The molecule has 2 nitrogen and oxygen atoms in total. The molecule has 0 radical (unpaired) electrons. The number of aryl methyl sites for hydroxylation is 1. The van der Waals surface area contributed by atoms with E-state index in [0.717, 1.165) is 24.0 Å². The Balaban J connectivity index is 2.23. The van der Waals surface area contributed by atoms with E-state index in [0.29, 0.717) is 12.8 Å². The van der Waals surface area contributed by atoms with Crippen LogP contribution in [-0.4, -0.2) is 15.8 Å². The van der Waals surface area contributed by atoms with Crippen LogP contribution in [0.25, 0.3) is 0 Å². The first kappa shape index (κ1) is 10.7. The van der Waals surface area contributed by atoms with Crippen molar-refractivity contribution in [3.8, 4) is 0 Å². The molecule has 1 aliphatic rings. The Morgan fingerprint density at radius 3 is 2.53 bits per heavy atom. The minimum atomic E-state index is -0.895. The molecule has 2 rings (SSSR count). The van der Waals surface area contributed by atoms with E-state index >= 15 is 0 Å². The van der Waals surface area contributed by atoms with E-state index in [1.165, 1.54) is 0 Å². The van der Waals surface area contributed by atoms with Crippen LogP contribution >= 0.6 is 0 Å². The second-order valence-corrected chi connectivity index (χ2v) is 4.63. The largest absolute Gasteiger partial charge is 0.387 e. The molecular weight excluding hydrogens is 188 g/mol. The number of benzene rings is 1. The molecule has 0 heterocycles. The molecule has 82 valence electrons. The first-order valence-electron chi connectivity index (χ1n) is 5.59. The minimum absolute atomic E-state index is 0.710. The number of aliphatic hydroxyl groups excluding tert-OH is 1. The van der Waals surface area contributed by atoms with Gasteiger partial charge in [-0.05, 0) is 25.3 Å². The van der Waals surface area contributed by atoms with Gasteiger partial charge in [0.25, 0.3) is 0 Å².